The summed E-state index contributed by atoms with van der Waals surface area (Å²) < 4.78 is -0.356. The lowest BCUT2D eigenvalue weighted by atomic mass is 9.95. The van der Waals surface area contributed by atoms with Crippen LogP contribution in [-0.2, 0) is 9.59 Å². The van der Waals surface area contributed by atoms with E-state index < -0.39 is 24.0 Å². The third-order valence-corrected chi connectivity index (χ3v) is 6.61. The number of urea groups is 1. The summed E-state index contributed by atoms with van der Waals surface area (Å²) in [4.78, 5) is 38.8. The molecule has 3 heterocycles. The summed E-state index contributed by atoms with van der Waals surface area (Å²) in [5.41, 5.74) is 5.80. The predicted octanol–water partition coefficient (Wildman–Crippen LogP) is -0.171. The third kappa shape index (κ3) is 3.28. The minimum absolute atomic E-state index is 0.228. The molecule has 5 N–H and O–H groups in total. The van der Waals surface area contributed by atoms with Crippen LogP contribution in [0.1, 0.15) is 37.3 Å². The largest absolute Gasteiger partial charge is 0.352 e. The Bertz CT molecular complexity index is 935. The number of nitrogens with two attached hydrogens (primary N) is 1. The first kappa shape index (κ1) is 19.2. The van der Waals surface area contributed by atoms with Crippen molar-refractivity contribution in [3.8, 4) is 0 Å². The molecule has 0 radical (unpaired) electrons. The van der Waals surface area contributed by atoms with Crippen molar-refractivity contribution >= 4 is 29.6 Å². The molecule has 1 aromatic heterocycles. The van der Waals surface area contributed by atoms with E-state index >= 15 is 0 Å². The van der Waals surface area contributed by atoms with Gasteiger partial charge in [0.1, 0.15) is 23.5 Å². The Morgan fingerprint density at radius 2 is 2.03 bits per heavy atom. The molecular weight excluding hydrogens is 396 g/mol. The highest BCUT2D eigenvalue weighted by Gasteiger charge is 2.63. The van der Waals surface area contributed by atoms with E-state index in [1.807, 2.05) is 13.8 Å². The number of rotatable bonds is 5. The molecule has 12 heteroatoms. The van der Waals surface area contributed by atoms with Crippen LogP contribution in [-0.4, -0.2) is 59.5 Å². The van der Waals surface area contributed by atoms with Gasteiger partial charge in [-0.05, 0) is 29.8 Å². The van der Waals surface area contributed by atoms with Crippen LogP contribution in [0.15, 0.2) is 30.3 Å². The van der Waals surface area contributed by atoms with Gasteiger partial charge < -0.3 is 21.3 Å². The van der Waals surface area contributed by atoms with Gasteiger partial charge in [0.15, 0.2) is 5.82 Å². The molecule has 0 spiro atoms. The second kappa shape index (κ2) is 7.03. The van der Waals surface area contributed by atoms with Crippen LogP contribution in [0.4, 0.5) is 4.79 Å². The van der Waals surface area contributed by atoms with Crippen molar-refractivity contribution in [2.45, 2.75) is 42.1 Å². The number of fused-ring (bicyclic) bond motifs is 1. The number of primary amides is 1. The number of nitrogens with one attached hydrogen (secondary N) is 3. The molecule has 2 saturated heterocycles. The molecule has 11 nitrogen and oxygen atoms in total. The van der Waals surface area contributed by atoms with Crippen LogP contribution in [0, 0.1) is 0 Å². The van der Waals surface area contributed by atoms with Crippen molar-refractivity contribution in [1.82, 2.24) is 36.2 Å². The first-order valence-electron chi connectivity index (χ1n) is 8.94. The summed E-state index contributed by atoms with van der Waals surface area (Å²) in [6.07, 6.45) is 0. The molecular formula is C17H20N8O3S. The number of thioether (sulfide) groups is 1. The predicted molar refractivity (Wildman–Crippen MR) is 103 cm³/mol. The van der Waals surface area contributed by atoms with Crippen LogP contribution in [0.3, 0.4) is 0 Å². The molecule has 4 rings (SSSR count). The van der Waals surface area contributed by atoms with Crippen LogP contribution < -0.4 is 16.4 Å². The van der Waals surface area contributed by atoms with Gasteiger partial charge in [-0.3, -0.25) is 9.59 Å². The van der Waals surface area contributed by atoms with E-state index in [4.69, 9.17) is 5.73 Å². The molecule has 2 fully saturated rings. The Balaban J connectivity index is 1.52. The Morgan fingerprint density at radius 3 is 2.66 bits per heavy atom. The van der Waals surface area contributed by atoms with Gasteiger partial charge >= 0.3 is 6.03 Å². The molecule has 0 saturated carbocycles. The fourth-order valence-corrected chi connectivity index (χ4v) is 5.43. The third-order valence-electron chi connectivity index (χ3n) is 5.04. The number of carbonyl (C=O) groups is 3. The quantitative estimate of drug-likeness (QED) is 0.492. The van der Waals surface area contributed by atoms with E-state index in [1.54, 1.807) is 47.0 Å². The summed E-state index contributed by atoms with van der Waals surface area (Å²) in [5.74, 6) is -0.231. The molecule has 2 aliphatic rings. The SMILES string of the molecule is CC1(C)S[C@H]2C(NC(=O)C(NC(N)=O)c3ccccc3)C(=O)N2C1c1nnn[nH]1. The maximum Gasteiger partial charge on any atom is 0.313 e. The lowest BCUT2D eigenvalue weighted by molar-refractivity contribution is -0.152. The van der Waals surface area contributed by atoms with Crippen molar-refractivity contribution in [3.63, 3.8) is 0 Å². The summed E-state index contributed by atoms with van der Waals surface area (Å²) in [7, 11) is 0. The number of β-lactam (4-membered cyclic amide) rings is 1. The second-order valence-electron chi connectivity index (χ2n) is 7.38. The number of hydrogen-bond acceptors (Lipinski definition) is 7. The summed E-state index contributed by atoms with van der Waals surface area (Å²) in [5, 5.41) is 18.8. The van der Waals surface area contributed by atoms with Gasteiger partial charge in [-0.2, -0.15) is 0 Å². The summed E-state index contributed by atoms with van der Waals surface area (Å²) in [6.45, 7) is 3.99. The average Bonchev–Trinajstić information content (AvgIpc) is 3.28. The molecule has 29 heavy (non-hydrogen) atoms. The number of aromatic nitrogens is 4. The second-order valence-corrected chi connectivity index (χ2v) is 9.16. The highest BCUT2D eigenvalue weighted by molar-refractivity contribution is 8.01. The molecule has 2 aromatic rings. The molecule has 152 valence electrons. The minimum atomic E-state index is -0.996. The van der Waals surface area contributed by atoms with Gasteiger partial charge in [-0.1, -0.05) is 30.3 Å². The zero-order valence-electron chi connectivity index (χ0n) is 15.7. The maximum atomic E-state index is 12.9. The number of tetrazole rings is 1. The van der Waals surface area contributed by atoms with Crippen LogP contribution in [0.5, 0.6) is 0 Å². The molecule has 3 unspecified atom stereocenters. The summed E-state index contributed by atoms with van der Waals surface area (Å²) >= 11 is 1.56. The average molecular weight is 416 g/mol. The van der Waals surface area contributed by atoms with Crippen molar-refractivity contribution < 1.29 is 14.4 Å². The van der Waals surface area contributed by atoms with Crippen molar-refractivity contribution in [2.75, 3.05) is 0 Å². The molecule has 2 aliphatic heterocycles. The molecule has 1 aromatic carbocycles. The van der Waals surface area contributed by atoms with Crippen molar-refractivity contribution in [2.24, 2.45) is 5.73 Å². The number of carbonyl (C=O) groups excluding carboxylic acids is 3. The zero-order chi connectivity index (χ0) is 20.8. The molecule has 0 aliphatic carbocycles. The van der Waals surface area contributed by atoms with Gasteiger partial charge in [-0.25, -0.2) is 9.89 Å². The van der Waals surface area contributed by atoms with E-state index in [1.165, 1.54) is 0 Å². The first-order chi connectivity index (χ1) is 13.8. The van der Waals surface area contributed by atoms with Crippen molar-refractivity contribution in [3.05, 3.63) is 41.7 Å². The Labute approximate surface area is 170 Å². The number of amides is 4. The summed E-state index contributed by atoms with van der Waals surface area (Å²) in [6, 6.07) is 5.83. The molecule has 0 bridgehead atoms. The van der Waals surface area contributed by atoms with Crippen LogP contribution >= 0.6 is 11.8 Å². The number of benzene rings is 1. The van der Waals surface area contributed by atoms with Crippen molar-refractivity contribution in [1.29, 1.82) is 0 Å². The van der Waals surface area contributed by atoms with Crippen LogP contribution in [0.2, 0.25) is 0 Å². The molecule has 4 atom stereocenters. The maximum absolute atomic E-state index is 12.9. The van der Waals surface area contributed by atoms with E-state index in [9.17, 15) is 14.4 Å². The Hall–Kier alpha value is -3.15. The van der Waals surface area contributed by atoms with Gasteiger partial charge in [-0.15, -0.1) is 16.9 Å². The van der Waals surface area contributed by atoms with Gasteiger partial charge in [0.25, 0.3) is 0 Å². The highest BCUT2D eigenvalue weighted by Crippen LogP contribution is 2.56. The van der Waals surface area contributed by atoms with E-state index in [2.05, 4.69) is 31.3 Å². The molecule has 4 amide bonds. The smallest absolute Gasteiger partial charge is 0.313 e. The standard InChI is InChI=1S/C17H20N8O3S/c1-17(2)11(12-21-23-24-22-12)25-14(27)10(15(25)29-17)19-13(26)9(20-16(18)28)8-6-4-3-5-7-8/h3-7,9-11,15H,1-2H3,(H,19,26)(H3,18,20,28)(H,21,22,23,24)/t9?,10?,11?,15-/m0/s1. The van der Waals surface area contributed by atoms with Gasteiger partial charge in [0, 0.05) is 4.75 Å². The van der Waals surface area contributed by atoms with E-state index in [-0.39, 0.29) is 22.1 Å². The number of aromatic amines is 1. The number of nitrogens with zero attached hydrogens (tertiary/aromatic N) is 4. The fraction of sp³-hybridized carbons (Fsp3) is 0.412. The normalized spacial score (nSPS) is 25.7. The first-order valence-corrected chi connectivity index (χ1v) is 9.82. The van der Waals surface area contributed by atoms with Gasteiger partial charge in [0.2, 0.25) is 11.8 Å². The Kier molecular flexibility index (Phi) is 4.65. The van der Waals surface area contributed by atoms with Crippen LogP contribution in [0.25, 0.3) is 0 Å². The monoisotopic (exact) mass is 416 g/mol. The van der Waals surface area contributed by atoms with Gasteiger partial charge in [0.05, 0.1) is 0 Å². The minimum Gasteiger partial charge on any atom is -0.352 e. The lowest BCUT2D eigenvalue weighted by Crippen LogP contribution is -2.68. The fourth-order valence-electron chi connectivity index (χ4n) is 3.80. The number of H-pyrrole nitrogens is 1. The topological polar surface area (TPSA) is 159 Å². The highest BCUT2D eigenvalue weighted by atomic mass is 32.2. The zero-order valence-corrected chi connectivity index (χ0v) is 16.5. The lowest BCUT2D eigenvalue weighted by Gasteiger charge is -2.44. The Morgan fingerprint density at radius 1 is 1.31 bits per heavy atom. The van der Waals surface area contributed by atoms with E-state index in [0.29, 0.717) is 11.4 Å². The van der Waals surface area contributed by atoms with E-state index in [0.717, 1.165) is 0 Å². The number of hydrogen-bond donors (Lipinski definition) is 4.